The van der Waals surface area contributed by atoms with Crippen molar-refractivity contribution in [3.63, 3.8) is 0 Å². The van der Waals surface area contributed by atoms with Gasteiger partial charge in [-0.25, -0.2) is 24.5 Å². The number of hydrogen-bond donors (Lipinski definition) is 2. The van der Waals surface area contributed by atoms with E-state index in [4.69, 9.17) is 16.6 Å². The van der Waals surface area contributed by atoms with E-state index in [0.717, 1.165) is 28.0 Å². The Morgan fingerprint density at radius 1 is 1.14 bits per heavy atom. The lowest BCUT2D eigenvalue weighted by Crippen LogP contribution is -2.12. The Morgan fingerprint density at radius 2 is 1.97 bits per heavy atom. The van der Waals surface area contributed by atoms with Gasteiger partial charge >= 0.3 is 0 Å². The molecule has 9 heteroatoms. The number of benzene rings is 1. The van der Waals surface area contributed by atoms with Crippen molar-refractivity contribution in [3.05, 3.63) is 65.5 Å². The molecule has 5 aromatic rings. The minimum absolute atomic E-state index is 0.119. The molecule has 0 saturated carbocycles. The Labute approximate surface area is 171 Å². The van der Waals surface area contributed by atoms with Crippen LogP contribution in [0.15, 0.2) is 49.2 Å². The van der Waals surface area contributed by atoms with E-state index in [2.05, 4.69) is 37.3 Å². The first-order chi connectivity index (χ1) is 14.1. The second-order valence-electron chi connectivity index (χ2n) is 6.77. The number of halogens is 1. The molecule has 0 aliphatic carbocycles. The third kappa shape index (κ3) is 2.98. The predicted molar refractivity (Wildman–Crippen MR) is 112 cm³/mol. The quantitative estimate of drug-likeness (QED) is 0.466. The zero-order chi connectivity index (χ0) is 20.0. The molecule has 8 nitrogen and oxygen atoms in total. The second-order valence-corrected chi connectivity index (χ2v) is 7.15. The number of aromatic amines is 1. The maximum atomic E-state index is 6.43. The van der Waals surface area contributed by atoms with E-state index in [1.807, 2.05) is 43.5 Å². The molecule has 1 atom stereocenters. The molecular weight excluding hydrogens is 388 g/mol. The summed E-state index contributed by atoms with van der Waals surface area (Å²) in [5.41, 5.74) is 5.56. The molecule has 0 amide bonds. The molecular formula is C20H17ClN8. The molecule has 0 aliphatic heterocycles. The number of nitrogens with zero attached hydrogens (tertiary/aromatic N) is 6. The molecule has 144 valence electrons. The van der Waals surface area contributed by atoms with Crippen LogP contribution < -0.4 is 5.32 Å². The average Bonchev–Trinajstić information content (AvgIpc) is 3.33. The van der Waals surface area contributed by atoms with Crippen molar-refractivity contribution in [2.45, 2.75) is 19.9 Å². The first kappa shape index (κ1) is 17.6. The van der Waals surface area contributed by atoms with Crippen molar-refractivity contribution in [2.24, 2.45) is 0 Å². The third-order valence-corrected chi connectivity index (χ3v) is 5.27. The normalized spacial score (nSPS) is 12.5. The van der Waals surface area contributed by atoms with Crippen molar-refractivity contribution in [3.8, 4) is 11.3 Å². The number of nitrogens with one attached hydrogen (secondary N) is 2. The molecule has 1 aromatic carbocycles. The highest BCUT2D eigenvalue weighted by atomic mass is 35.5. The van der Waals surface area contributed by atoms with Gasteiger partial charge < -0.3 is 10.3 Å². The van der Waals surface area contributed by atoms with Gasteiger partial charge in [-0.3, -0.25) is 0 Å². The average molecular weight is 405 g/mol. The molecule has 29 heavy (non-hydrogen) atoms. The molecule has 0 fully saturated rings. The number of anilines is 1. The van der Waals surface area contributed by atoms with Crippen LogP contribution in [0.2, 0.25) is 5.02 Å². The number of H-pyrrole nitrogens is 1. The zero-order valence-electron chi connectivity index (χ0n) is 15.8. The first-order valence-corrected chi connectivity index (χ1v) is 9.51. The summed E-state index contributed by atoms with van der Waals surface area (Å²) < 4.78 is 1.73. The van der Waals surface area contributed by atoms with Gasteiger partial charge in [-0.05, 0) is 13.8 Å². The maximum Gasteiger partial charge on any atom is 0.182 e. The van der Waals surface area contributed by atoms with E-state index in [-0.39, 0.29) is 6.04 Å². The van der Waals surface area contributed by atoms with Crippen molar-refractivity contribution in [1.82, 2.24) is 34.5 Å². The highest BCUT2D eigenvalue weighted by Crippen LogP contribution is 2.31. The van der Waals surface area contributed by atoms with Crippen LogP contribution in [-0.2, 0) is 0 Å². The summed E-state index contributed by atoms with van der Waals surface area (Å²) in [6.45, 7) is 3.92. The van der Waals surface area contributed by atoms with Crippen molar-refractivity contribution in [1.29, 1.82) is 0 Å². The van der Waals surface area contributed by atoms with Crippen LogP contribution in [0.5, 0.6) is 0 Å². The minimum atomic E-state index is -0.119. The Balaban J connectivity index is 1.65. The Morgan fingerprint density at radius 3 is 2.79 bits per heavy atom. The van der Waals surface area contributed by atoms with Crippen molar-refractivity contribution >= 4 is 34.2 Å². The van der Waals surface area contributed by atoms with E-state index in [1.165, 1.54) is 6.33 Å². The smallest absolute Gasteiger partial charge is 0.182 e. The fraction of sp³-hybridized carbons (Fsp3) is 0.150. The highest BCUT2D eigenvalue weighted by Gasteiger charge is 2.19. The van der Waals surface area contributed by atoms with Crippen LogP contribution in [-0.4, -0.2) is 34.5 Å². The third-order valence-electron chi connectivity index (χ3n) is 4.83. The monoisotopic (exact) mass is 404 g/mol. The summed E-state index contributed by atoms with van der Waals surface area (Å²) in [4.78, 5) is 20.7. The molecule has 5 rings (SSSR count). The lowest BCUT2D eigenvalue weighted by atomic mass is 10.0. The summed E-state index contributed by atoms with van der Waals surface area (Å²) in [7, 11) is 0. The number of aromatic nitrogens is 7. The number of rotatable bonds is 4. The van der Waals surface area contributed by atoms with Gasteiger partial charge in [0.15, 0.2) is 17.1 Å². The Bertz CT molecular complexity index is 1320. The molecule has 4 heterocycles. The van der Waals surface area contributed by atoms with Gasteiger partial charge in [0.25, 0.3) is 0 Å². The van der Waals surface area contributed by atoms with Gasteiger partial charge in [-0.1, -0.05) is 41.9 Å². The maximum absolute atomic E-state index is 6.43. The van der Waals surface area contributed by atoms with Crippen LogP contribution in [0, 0.1) is 6.92 Å². The van der Waals surface area contributed by atoms with Crippen LogP contribution >= 0.6 is 11.6 Å². The molecule has 0 aliphatic rings. The number of hydrogen-bond acceptors (Lipinski definition) is 6. The van der Waals surface area contributed by atoms with Gasteiger partial charge in [-0.2, -0.15) is 5.10 Å². The van der Waals surface area contributed by atoms with Crippen LogP contribution in [0.4, 0.5) is 5.82 Å². The molecule has 0 saturated heterocycles. The lowest BCUT2D eigenvalue weighted by Gasteiger charge is -2.18. The minimum Gasteiger partial charge on any atom is -0.362 e. The number of imidazole rings is 1. The van der Waals surface area contributed by atoms with Crippen LogP contribution in [0.25, 0.3) is 28.1 Å². The standard InChI is InChI=1S/C20H17ClN8/c1-11(26-19-17-18(23-9-22-17)24-10-25-19)14-8-29-20(15(21)12(2)28-29)27-16(14)13-6-4-3-5-7-13/h3-11H,1-2H3,(H2,22,23,24,25,26)/t11-/m0/s1. The molecule has 0 radical (unpaired) electrons. The van der Waals surface area contributed by atoms with E-state index in [0.29, 0.717) is 22.1 Å². The predicted octanol–water partition coefficient (Wildman–Crippen LogP) is 4.20. The summed E-state index contributed by atoms with van der Waals surface area (Å²) in [5, 5.41) is 8.50. The summed E-state index contributed by atoms with van der Waals surface area (Å²) in [6.07, 6.45) is 5.06. The molecule has 0 bridgehead atoms. The number of aryl methyl sites for hydroxylation is 1. The fourth-order valence-corrected chi connectivity index (χ4v) is 3.54. The molecule has 4 aromatic heterocycles. The van der Waals surface area contributed by atoms with Crippen molar-refractivity contribution in [2.75, 3.05) is 5.32 Å². The Hall–Kier alpha value is -3.52. The highest BCUT2D eigenvalue weighted by molar-refractivity contribution is 6.34. The fourth-order valence-electron chi connectivity index (χ4n) is 3.37. The van der Waals surface area contributed by atoms with E-state index in [1.54, 1.807) is 10.8 Å². The Kier molecular flexibility index (Phi) is 4.13. The van der Waals surface area contributed by atoms with E-state index in [9.17, 15) is 0 Å². The summed E-state index contributed by atoms with van der Waals surface area (Å²) in [5.74, 6) is 0.675. The largest absolute Gasteiger partial charge is 0.362 e. The summed E-state index contributed by atoms with van der Waals surface area (Å²) >= 11 is 6.43. The molecule has 0 spiro atoms. The first-order valence-electron chi connectivity index (χ1n) is 9.13. The summed E-state index contributed by atoms with van der Waals surface area (Å²) in [6, 6.07) is 9.91. The topological polar surface area (TPSA) is 96.7 Å². The van der Waals surface area contributed by atoms with E-state index >= 15 is 0 Å². The molecule has 2 N–H and O–H groups in total. The van der Waals surface area contributed by atoms with Gasteiger partial charge in [-0.15, -0.1) is 0 Å². The number of fused-ring (bicyclic) bond motifs is 2. The SMILES string of the molecule is Cc1nn2cc([C@H](C)Nc3ncnc4nc[nH]c34)c(-c3ccccc3)nc2c1Cl. The molecule has 0 unspecified atom stereocenters. The second kappa shape index (κ2) is 6.82. The lowest BCUT2D eigenvalue weighted by molar-refractivity contribution is 0.827. The van der Waals surface area contributed by atoms with Crippen molar-refractivity contribution < 1.29 is 0 Å². The van der Waals surface area contributed by atoms with Gasteiger partial charge in [0.2, 0.25) is 0 Å². The van der Waals surface area contributed by atoms with Crippen LogP contribution in [0.3, 0.4) is 0 Å². The van der Waals surface area contributed by atoms with Gasteiger partial charge in [0.1, 0.15) is 16.9 Å². The zero-order valence-corrected chi connectivity index (χ0v) is 16.5. The van der Waals surface area contributed by atoms with Crippen LogP contribution in [0.1, 0.15) is 24.2 Å². The van der Waals surface area contributed by atoms with Gasteiger partial charge in [0.05, 0.1) is 23.8 Å². The van der Waals surface area contributed by atoms with E-state index < -0.39 is 0 Å². The van der Waals surface area contributed by atoms with Gasteiger partial charge in [0, 0.05) is 17.3 Å².